The van der Waals surface area contributed by atoms with Gasteiger partial charge in [-0.25, -0.2) is 0 Å². The Labute approximate surface area is 113 Å². The van der Waals surface area contributed by atoms with Crippen molar-refractivity contribution in [2.45, 2.75) is 13.0 Å². The van der Waals surface area contributed by atoms with E-state index in [4.69, 9.17) is 9.47 Å². The van der Waals surface area contributed by atoms with Crippen molar-refractivity contribution in [3.8, 4) is 0 Å². The zero-order chi connectivity index (χ0) is 13.5. The van der Waals surface area contributed by atoms with Crippen LogP contribution in [0.25, 0.3) is 0 Å². The van der Waals surface area contributed by atoms with Gasteiger partial charge in [0.25, 0.3) is 5.91 Å². The third kappa shape index (κ3) is 4.22. The van der Waals surface area contributed by atoms with E-state index in [1.807, 2.05) is 31.2 Å². The SMILES string of the molecule is CCNc1ccc(C(=O)NCC2COCCO2)cc1. The Bertz CT molecular complexity index is 400. The highest BCUT2D eigenvalue weighted by atomic mass is 16.6. The van der Waals surface area contributed by atoms with Crippen LogP contribution in [0.15, 0.2) is 24.3 Å². The third-order valence-electron chi connectivity index (χ3n) is 2.90. The second-order valence-corrected chi connectivity index (χ2v) is 4.39. The second-order valence-electron chi connectivity index (χ2n) is 4.39. The number of anilines is 1. The third-order valence-corrected chi connectivity index (χ3v) is 2.90. The summed E-state index contributed by atoms with van der Waals surface area (Å²) < 4.78 is 10.7. The van der Waals surface area contributed by atoms with Gasteiger partial charge in [-0.1, -0.05) is 0 Å². The van der Waals surface area contributed by atoms with E-state index >= 15 is 0 Å². The molecular formula is C14H20N2O3. The Hall–Kier alpha value is -1.59. The van der Waals surface area contributed by atoms with E-state index in [1.165, 1.54) is 0 Å². The molecule has 19 heavy (non-hydrogen) atoms. The first kappa shape index (κ1) is 13.8. The van der Waals surface area contributed by atoms with Crippen molar-refractivity contribution in [2.24, 2.45) is 0 Å². The smallest absolute Gasteiger partial charge is 0.251 e. The molecule has 0 aromatic heterocycles. The Morgan fingerprint density at radius 1 is 1.32 bits per heavy atom. The van der Waals surface area contributed by atoms with Crippen LogP contribution >= 0.6 is 0 Å². The first-order valence-corrected chi connectivity index (χ1v) is 6.61. The number of hydrogen-bond acceptors (Lipinski definition) is 4. The van der Waals surface area contributed by atoms with E-state index in [0.717, 1.165) is 12.2 Å². The largest absolute Gasteiger partial charge is 0.385 e. The normalized spacial score (nSPS) is 18.9. The number of benzene rings is 1. The minimum absolute atomic E-state index is 0.0428. The second kappa shape index (κ2) is 7.11. The fourth-order valence-electron chi connectivity index (χ4n) is 1.91. The lowest BCUT2D eigenvalue weighted by Crippen LogP contribution is -2.39. The molecule has 0 spiro atoms. The van der Waals surface area contributed by atoms with Crippen molar-refractivity contribution < 1.29 is 14.3 Å². The maximum absolute atomic E-state index is 11.9. The minimum atomic E-state index is -0.0859. The molecule has 1 saturated heterocycles. The first-order chi connectivity index (χ1) is 9.29. The summed E-state index contributed by atoms with van der Waals surface area (Å²) in [5, 5.41) is 6.04. The van der Waals surface area contributed by atoms with Gasteiger partial charge in [0.15, 0.2) is 0 Å². The van der Waals surface area contributed by atoms with Crippen LogP contribution < -0.4 is 10.6 Å². The van der Waals surface area contributed by atoms with Gasteiger partial charge >= 0.3 is 0 Å². The van der Waals surface area contributed by atoms with E-state index < -0.39 is 0 Å². The Balaban J connectivity index is 1.81. The fraction of sp³-hybridized carbons (Fsp3) is 0.500. The molecule has 0 radical (unpaired) electrons. The van der Waals surface area contributed by atoms with Crippen LogP contribution in [0.4, 0.5) is 5.69 Å². The molecule has 2 rings (SSSR count). The number of amides is 1. The number of rotatable bonds is 5. The highest BCUT2D eigenvalue weighted by Gasteiger charge is 2.15. The Morgan fingerprint density at radius 2 is 2.11 bits per heavy atom. The van der Waals surface area contributed by atoms with Gasteiger partial charge in [-0.05, 0) is 31.2 Å². The lowest BCUT2D eigenvalue weighted by atomic mass is 10.2. The molecule has 1 amide bonds. The van der Waals surface area contributed by atoms with Gasteiger partial charge in [0.05, 0.1) is 25.9 Å². The van der Waals surface area contributed by atoms with Crippen LogP contribution in [0, 0.1) is 0 Å². The topological polar surface area (TPSA) is 59.6 Å². The number of ether oxygens (including phenoxy) is 2. The van der Waals surface area contributed by atoms with E-state index in [0.29, 0.717) is 31.9 Å². The van der Waals surface area contributed by atoms with Crippen LogP contribution in [0.3, 0.4) is 0 Å². The van der Waals surface area contributed by atoms with Crippen LogP contribution in [0.5, 0.6) is 0 Å². The van der Waals surface area contributed by atoms with Crippen LogP contribution in [-0.4, -0.2) is 44.9 Å². The minimum Gasteiger partial charge on any atom is -0.385 e. The van der Waals surface area contributed by atoms with E-state index in [9.17, 15) is 4.79 Å². The summed E-state index contributed by atoms with van der Waals surface area (Å²) in [4.78, 5) is 11.9. The quantitative estimate of drug-likeness (QED) is 0.840. The molecule has 0 aliphatic carbocycles. The molecule has 5 nitrogen and oxygen atoms in total. The molecule has 2 N–H and O–H groups in total. The average Bonchev–Trinajstić information content (AvgIpc) is 2.47. The van der Waals surface area contributed by atoms with Gasteiger partial charge in [0.2, 0.25) is 0 Å². The summed E-state index contributed by atoms with van der Waals surface area (Å²) in [6.45, 7) is 5.15. The molecule has 1 aromatic rings. The van der Waals surface area contributed by atoms with Crippen LogP contribution in [0.1, 0.15) is 17.3 Å². The Morgan fingerprint density at radius 3 is 2.74 bits per heavy atom. The highest BCUT2D eigenvalue weighted by molar-refractivity contribution is 5.94. The molecule has 104 valence electrons. The molecule has 1 fully saturated rings. The predicted octanol–water partition coefficient (Wildman–Crippen LogP) is 1.26. The number of carbonyl (C=O) groups excluding carboxylic acids is 1. The number of carbonyl (C=O) groups is 1. The zero-order valence-electron chi connectivity index (χ0n) is 11.1. The molecule has 1 heterocycles. The van der Waals surface area contributed by atoms with Crippen LogP contribution in [0.2, 0.25) is 0 Å². The number of hydrogen-bond donors (Lipinski definition) is 2. The first-order valence-electron chi connectivity index (χ1n) is 6.61. The summed E-state index contributed by atoms with van der Waals surface area (Å²) in [6, 6.07) is 7.42. The summed E-state index contributed by atoms with van der Waals surface area (Å²) in [5.74, 6) is -0.0859. The predicted molar refractivity (Wildman–Crippen MR) is 73.5 cm³/mol. The van der Waals surface area contributed by atoms with E-state index in [2.05, 4.69) is 10.6 Å². The van der Waals surface area contributed by atoms with Crippen molar-refractivity contribution in [2.75, 3.05) is 38.2 Å². The molecule has 0 bridgehead atoms. The van der Waals surface area contributed by atoms with Crippen molar-refractivity contribution in [1.29, 1.82) is 0 Å². The summed E-state index contributed by atoms with van der Waals surface area (Å²) >= 11 is 0. The maximum atomic E-state index is 11.9. The van der Waals surface area contributed by atoms with Gasteiger partial charge in [-0.3, -0.25) is 4.79 Å². The van der Waals surface area contributed by atoms with Gasteiger partial charge in [-0.2, -0.15) is 0 Å². The summed E-state index contributed by atoms with van der Waals surface area (Å²) in [6.07, 6.45) is -0.0428. The van der Waals surface area contributed by atoms with Crippen molar-refractivity contribution in [3.05, 3.63) is 29.8 Å². The van der Waals surface area contributed by atoms with Gasteiger partial charge < -0.3 is 20.1 Å². The molecule has 1 aliphatic heterocycles. The molecule has 1 atom stereocenters. The standard InChI is InChI=1S/C14H20N2O3/c1-2-15-12-5-3-11(4-6-12)14(17)16-9-13-10-18-7-8-19-13/h3-6,13,15H,2,7-10H2,1H3,(H,16,17). The van der Waals surface area contributed by atoms with E-state index in [1.54, 1.807) is 0 Å². The highest BCUT2D eigenvalue weighted by Crippen LogP contribution is 2.09. The monoisotopic (exact) mass is 264 g/mol. The fourth-order valence-corrected chi connectivity index (χ4v) is 1.91. The van der Waals surface area contributed by atoms with Crippen molar-refractivity contribution >= 4 is 11.6 Å². The lowest BCUT2D eigenvalue weighted by Gasteiger charge is -2.23. The van der Waals surface area contributed by atoms with Crippen LogP contribution in [-0.2, 0) is 9.47 Å². The lowest BCUT2D eigenvalue weighted by molar-refractivity contribution is -0.0855. The molecule has 1 aromatic carbocycles. The number of nitrogens with one attached hydrogen (secondary N) is 2. The van der Waals surface area contributed by atoms with Gasteiger partial charge in [0.1, 0.15) is 0 Å². The van der Waals surface area contributed by atoms with E-state index in [-0.39, 0.29) is 12.0 Å². The molecule has 1 aliphatic rings. The maximum Gasteiger partial charge on any atom is 0.251 e. The molecule has 1 unspecified atom stereocenters. The summed E-state index contributed by atoms with van der Waals surface area (Å²) in [5.41, 5.74) is 1.67. The summed E-state index contributed by atoms with van der Waals surface area (Å²) in [7, 11) is 0. The average molecular weight is 264 g/mol. The molecule has 0 saturated carbocycles. The zero-order valence-corrected chi connectivity index (χ0v) is 11.1. The van der Waals surface area contributed by atoms with Gasteiger partial charge in [0, 0.05) is 24.3 Å². The van der Waals surface area contributed by atoms with Crippen molar-refractivity contribution in [3.63, 3.8) is 0 Å². The molecular weight excluding hydrogens is 244 g/mol. The van der Waals surface area contributed by atoms with Crippen molar-refractivity contribution in [1.82, 2.24) is 5.32 Å². The Kier molecular flexibility index (Phi) is 5.18. The van der Waals surface area contributed by atoms with Gasteiger partial charge in [-0.15, -0.1) is 0 Å². The molecule has 5 heteroatoms.